The summed E-state index contributed by atoms with van der Waals surface area (Å²) in [6, 6.07) is 9.21. The van der Waals surface area contributed by atoms with Crippen LogP contribution in [0.5, 0.6) is 0 Å². The molecule has 1 aliphatic rings. The van der Waals surface area contributed by atoms with Gasteiger partial charge in [0.05, 0.1) is 11.6 Å². The summed E-state index contributed by atoms with van der Waals surface area (Å²) >= 11 is 0. The molecule has 1 aliphatic carbocycles. The zero-order valence-corrected chi connectivity index (χ0v) is 10.0. The smallest absolute Gasteiger partial charge is 0.229 e. The largest absolute Gasteiger partial charge is 0.315 e. The van der Waals surface area contributed by atoms with Gasteiger partial charge in [-0.15, -0.1) is 0 Å². The lowest BCUT2D eigenvalue weighted by molar-refractivity contribution is -0.121. The van der Waals surface area contributed by atoms with Crippen LogP contribution in [-0.4, -0.2) is 13.0 Å². The molecule has 0 saturated heterocycles. The van der Waals surface area contributed by atoms with Crippen LogP contribution in [0.4, 0.5) is 5.69 Å². The number of hydrogen-bond acceptors (Lipinski definition) is 2. The molecule has 88 valence electrons. The Bertz CT molecular complexity index is 438. The van der Waals surface area contributed by atoms with Crippen molar-refractivity contribution < 1.29 is 4.79 Å². The Hall–Kier alpha value is -1.82. The van der Waals surface area contributed by atoms with Gasteiger partial charge in [0.25, 0.3) is 0 Å². The number of anilines is 1. The lowest BCUT2D eigenvalue weighted by Gasteiger charge is -2.21. The Morgan fingerprint density at radius 2 is 1.88 bits per heavy atom. The second-order valence-electron chi connectivity index (χ2n) is 4.54. The zero-order chi connectivity index (χ0) is 12.3. The second-order valence-corrected chi connectivity index (χ2v) is 4.54. The van der Waals surface area contributed by atoms with E-state index in [1.807, 2.05) is 19.2 Å². The number of amides is 1. The molecule has 0 aromatic heterocycles. The Morgan fingerprint density at radius 1 is 1.29 bits per heavy atom. The van der Waals surface area contributed by atoms with Gasteiger partial charge in [0.2, 0.25) is 5.91 Å². The van der Waals surface area contributed by atoms with Crippen LogP contribution in [0.3, 0.4) is 0 Å². The Morgan fingerprint density at radius 3 is 2.41 bits per heavy atom. The highest BCUT2D eigenvalue weighted by molar-refractivity contribution is 5.94. The third-order valence-corrected chi connectivity index (χ3v) is 3.42. The molecule has 0 atom stereocenters. The predicted octanol–water partition coefficient (Wildman–Crippen LogP) is 2.71. The van der Waals surface area contributed by atoms with Crippen molar-refractivity contribution in [3.63, 3.8) is 0 Å². The summed E-state index contributed by atoms with van der Waals surface area (Å²) in [7, 11) is 1.81. The first-order valence-corrected chi connectivity index (χ1v) is 6.00. The summed E-state index contributed by atoms with van der Waals surface area (Å²) in [5, 5.41) is 8.72. The number of nitriles is 1. The van der Waals surface area contributed by atoms with E-state index in [4.69, 9.17) is 5.26 Å². The monoisotopic (exact) mass is 228 g/mol. The lowest BCUT2D eigenvalue weighted by atomic mass is 10.1. The second kappa shape index (κ2) is 5.01. The van der Waals surface area contributed by atoms with Crippen molar-refractivity contribution in [3.05, 3.63) is 29.8 Å². The van der Waals surface area contributed by atoms with E-state index in [0.29, 0.717) is 5.56 Å². The number of carbonyl (C=O) groups excluding carboxylic acids is 1. The van der Waals surface area contributed by atoms with E-state index in [9.17, 15) is 4.79 Å². The third-order valence-electron chi connectivity index (χ3n) is 3.42. The molecule has 0 N–H and O–H groups in total. The molecule has 0 radical (unpaired) electrons. The molecule has 0 heterocycles. The Balaban J connectivity index is 2.10. The van der Waals surface area contributed by atoms with E-state index in [1.54, 1.807) is 17.0 Å². The summed E-state index contributed by atoms with van der Waals surface area (Å²) in [5.74, 6) is 0.392. The normalized spacial score (nSPS) is 15.5. The number of carbonyl (C=O) groups is 1. The maximum absolute atomic E-state index is 12.2. The van der Waals surface area contributed by atoms with Crippen LogP contribution in [-0.2, 0) is 4.79 Å². The molecule has 0 spiro atoms. The van der Waals surface area contributed by atoms with Gasteiger partial charge in [0.1, 0.15) is 0 Å². The van der Waals surface area contributed by atoms with E-state index in [1.165, 1.54) is 0 Å². The molecular weight excluding hydrogens is 212 g/mol. The van der Waals surface area contributed by atoms with Crippen LogP contribution >= 0.6 is 0 Å². The minimum Gasteiger partial charge on any atom is -0.315 e. The molecule has 0 bridgehead atoms. The summed E-state index contributed by atoms with van der Waals surface area (Å²) in [6.45, 7) is 0. The first-order valence-electron chi connectivity index (χ1n) is 6.00. The fraction of sp³-hybridized carbons (Fsp3) is 0.429. The van der Waals surface area contributed by atoms with Gasteiger partial charge >= 0.3 is 0 Å². The van der Waals surface area contributed by atoms with Gasteiger partial charge in [0, 0.05) is 18.7 Å². The van der Waals surface area contributed by atoms with Crippen LogP contribution in [0.15, 0.2) is 24.3 Å². The Kier molecular flexibility index (Phi) is 3.43. The number of rotatable bonds is 2. The van der Waals surface area contributed by atoms with Crippen LogP contribution in [0, 0.1) is 17.2 Å². The van der Waals surface area contributed by atoms with Crippen molar-refractivity contribution in [2.45, 2.75) is 25.7 Å². The summed E-state index contributed by atoms with van der Waals surface area (Å²) in [6.07, 6.45) is 4.36. The average molecular weight is 228 g/mol. The van der Waals surface area contributed by atoms with E-state index in [-0.39, 0.29) is 11.8 Å². The molecule has 0 unspecified atom stereocenters. The summed E-state index contributed by atoms with van der Waals surface area (Å²) in [5.41, 5.74) is 1.48. The first kappa shape index (κ1) is 11.7. The molecule has 1 aromatic carbocycles. The van der Waals surface area contributed by atoms with E-state index in [0.717, 1.165) is 31.4 Å². The van der Waals surface area contributed by atoms with Gasteiger partial charge in [-0.1, -0.05) is 12.8 Å². The first-order chi connectivity index (χ1) is 8.22. The number of benzene rings is 1. The van der Waals surface area contributed by atoms with Gasteiger partial charge < -0.3 is 4.90 Å². The van der Waals surface area contributed by atoms with Crippen molar-refractivity contribution in [1.29, 1.82) is 5.26 Å². The van der Waals surface area contributed by atoms with Gasteiger partial charge in [-0.05, 0) is 37.1 Å². The minimum atomic E-state index is 0.190. The molecule has 1 fully saturated rings. The van der Waals surface area contributed by atoms with Crippen molar-refractivity contribution in [2.24, 2.45) is 5.92 Å². The van der Waals surface area contributed by atoms with Crippen LogP contribution in [0.25, 0.3) is 0 Å². The molecule has 1 saturated carbocycles. The maximum Gasteiger partial charge on any atom is 0.229 e. The fourth-order valence-electron chi connectivity index (χ4n) is 2.33. The SMILES string of the molecule is CN(C(=O)C1CCCC1)c1ccc(C#N)cc1. The summed E-state index contributed by atoms with van der Waals surface area (Å²) < 4.78 is 0. The number of nitrogens with zero attached hydrogens (tertiary/aromatic N) is 2. The summed E-state index contributed by atoms with van der Waals surface area (Å²) in [4.78, 5) is 13.9. The average Bonchev–Trinajstić information content (AvgIpc) is 2.91. The van der Waals surface area contributed by atoms with Crippen molar-refractivity contribution >= 4 is 11.6 Å². The molecular formula is C14H16N2O. The molecule has 17 heavy (non-hydrogen) atoms. The zero-order valence-electron chi connectivity index (χ0n) is 10.0. The van der Waals surface area contributed by atoms with Crippen molar-refractivity contribution in [3.8, 4) is 6.07 Å². The molecule has 3 heteroatoms. The standard InChI is InChI=1S/C14H16N2O/c1-16(14(17)12-4-2-3-5-12)13-8-6-11(10-15)7-9-13/h6-9,12H,2-5H2,1H3. The van der Waals surface area contributed by atoms with Gasteiger partial charge in [-0.2, -0.15) is 5.26 Å². The topological polar surface area (TPSA) is 44.1 Å². The molecule has 1 aromatic rings. The quantitative estimate of drug-likeness (QED) is 0.781. The molecule has 0 aliphatic heterocycles. The van der Waals surface area contributed by atoms with E-state index < -0.39 is 0 Å². The van der Waals surface area contributed by atoms with E-state index >= 15 is 0 Å². The molecule has 2 rings (SSSR count). The Labute approximate surface area is 102 Å². The highest BCUT2D eigenvalue weighted by Crippen LogP contribution is 2.28. The van der Waals surface area contributed by atoms with Gasteiger partial charge in [0.15, 0.2) is 0 Å². The minimum absolute atomic E-state index is 0.190. The van der Waals surface area contributed by atoms with Gasteiger partial charge in [-0.25, -0.2) is 0 Å². The maximum atomic E-state index is 12.2. The predicted molar refractivity (Wildman–Crippen MR) is 66.5 cm³/mol. The highest BCUT2D eigenvalue weighted by Gasteiger charge is 2.25. The van der Waals surface area contributed by atoms with Crippen LogP contribution in [0.2, 0.25) is 0 Å². The third kappa shape index (κ3) is 2.47. The van der Waals surface area contributed by atoms with Crippen LogP contribution < -0.4 is 4.90 Å². The fourth-order valence-corrected chi connectivity index (χ4v) is 2.33. The number of hydrogen-bond donors (Lipinski definition) is 0. The van der Waals surface area contributed by atoms with E-state index in [2.05, 4.69) is 6.07 Å². The molecule has 3 nitrogen and oxygen atoms in total. The molecule has 1 amide bonds. The van der Waals surface area contributed by atoms with Crippen molar-refractivity contribution in [2.75, 3.05) is 11.9 Å². The highest BCUT2D eigenvalue weighted by atomic mass is 16.2. The lowest BCUT2D eigenvalue weighted by Crippen LogP contribution is -2.31. The van der Waals surface area contributed by atoms with Crippen molar-refractivity contribution in [1.82, 2.24) is 0 Å². The van der Waals surface area contributed by atoms with Gasteiger partial charge in [-0.3, -0.25) is 4.79 Å². The van der Waals surface area contributed by atoms with Crippen LogP contribution in [0.1, 0.15) is 31.2 Å².